The highest BCUT2D eigenvalue weighted by molar-refractivity contribution is 6.11. The highest BCUT2D eigenvalue weighted by atomic mass is 19.1. The average molecular weight is 537 g/mol. The molecule has 1 aromatic carbocycles. The number of rotatable bonds is 6. The first-order valence-electron chi connectivity index (χ1n) is 13.4. The first kappa shape index (κ1) is 25.7. The van der Waals surface area contributed by atoms with Crippen LogP contribution in [-0.2, 0) is 10.3 Å². The van der Waals surface area contributed by atoms with E-state index in [9.17, 15) is 14.0 Å². The van der Waals surface area contributed by atoms with Gasteiger partial charge in [-0.2, -0.15) is 0 Å². The number of carbonyl (C=O) groups excluding carboxylic acids is 2. The lowest BCUT2D eigenvalue weighted by molar-refractivity contribution is -0.119. The van der Waals surface area contributed by atoms with Crippen molar-refractivity contribution in [2.45, 2.75) is 38.6 Å². The summed E-state index contributed by atoms with van der Waals surface area (Å²) in [5.74, 6) is -0.445. The molecule has 40 heavy (non-hydrogen) atoms. The molecule has 1 atom stereocenters. The maximum absolute atomic E-state index is 13.6. The van der Waals surface area contributed by atoms with Gasteiger partial charge in [0.25, 0.3) is 5.91 Å². The third kappa shape index (κ3) is 4.49. The van der Waals surface area contributed by atoms with Gasteiger partial charge >= 0.3 is 0 Å². The average Bonchev–Trinajstić information content (AvgIpc) is 3.64. The Kier molecular flexibility index (Phi) is 6.33. The molecule has 4 aromatic rings. The van der Waals surface area contributed by atoms with Crippen molar-refractivity contribution in [2.75, 3.05) is 7.05 Å². The molecule has 2 aliphatic carbocycles. The zero-order valence-electron chi connectivity index (χ0n) is 22.5. The summed E-state index contributed by atoms with van der Waals surface area (Å²) in [6.45, 7) is 4.11. The number of benzene rings is 1. The standard InChI is InChI=1S/C32H29FN4O3/c1-18-14-19(2)24(29(38)37-32(11-12-32)26-6-4-5-13-35-26)16-23(18)21-15-25-27(30(39)34-3)28(40-31(25)36-17-21)20-7-9-22(33)10-8-20/h4-10,13,15-17,19H,11-12,14H2,1-3H3,(H,34,39)(H,37,38). The minimum Gasteiger partial charge on any atom is -0.437 e. The molecule has 0 bridgehead atoms. The maximum Gasteiger partial charge on any atom is 0.255 e. The largest absolute Gasteiger partial charge is 0.437 e. The Morgan fingerprint density at radius 2 is 1.82 bits per heavy atom. The molecule has 0 saturated heterocycles. The Morgan fingerprint density at radius 1 is 1.05 bits per heavy atom. The van der Waals surface area contributed by atoms with Crippen molar-refractivity contribution >= 4 is 28.5 Å². The number of nitrogens with one attached hydrogen (secondary N) is 2. The van der Waals surface area contributed by atoms with Gasteiger partial charge in [-0.25, -0.2) is 9.37 Å². The highest BCUT2D eigenvalue weighted by Gasteiger charge is 2.47. The van der Waals surface area contributed by atoms with Crippen molar-refractivity contribution in [3.63, 3.8) is 0 Å². The lowest BCUT2D eigenvalue weighted by Crippen LogP contribution is -2.38. The van der Waals surface area contributed by atoms with E-state index in [4.69, 9.17) is 4.42 Å². The van der Waals surface area contributed by atoms with Gasteiger partial charge in [0.2, 0.25) is 11.6 Å². The van der Waals surface area contributed by atoms with Crippen molar-refractivity contribution in [3.8, 4) is 11.3 Å². The van der Waals surface area contributed by atoms with Crippen LogP contribution in [0, 0.1) is 11.7 Å². The van der Waals surface area contributed by atoms with Crippen LogP contribution in [0.15, 0.2) is 82.6 Å². The fourth-order valence-electron chi connectivity index (χ4n) is 5.51. The Labute approximate surface area is 231 Å². The molecular weight excluding hydrogens is 507 g/mol. The number of nitrogens with zero attached hydrogens (tertiary/aromatic N) is 2. The second-order valence-corrected chi connectivity index (χ2v) is 10.6. The quantitative estimate of drug-likeness (QED) is 0.318. The van der Waals surface area contributed by atoms with Crippen LogP contribution in [0.25, 0.3) is 28.0 Å². The lowest BCUT2D eigenvalue weighted by Gasteiger charge is -2.26. The summed E-state index contributed by atoms with van der Waals surface area (Å²) in [4.78, 5) is 35.6. The lowest BCUT2D eigenvalue weighted by atomic mass is 9.82. The zero-order chi connectivity index (χ0) is 28.0. The number of aromatic nitrogens is 2. The molecule has 202 valence electrons. The zero-order valence-corrected chi connectivity index (χ0v) is 22.5. The molecule has 6 rings (SSSR count). The van der Waals surface area contributed by atoms with Crippen LogP contribution in [0.4, 0.5) is 4.39 Å². The van der Waals surface area contributed by atoms with Gasteiger partial charge in [0.15, 0.2) is 0 Å². The van der Waals surface area contributed by atoms with Crippen molar-refractivity contribution in [1.29, 1.82) is 0 Å². The molecule has 2 aliphatic rings. The molecule has 1 fully saturated rings. The SMILES string of the molecule is CNC(=O)c1c(-c2ccc(F)cc2)oc2ncc(C3=C(C)CC(C)C(C(=O)NC4(c5ccccn5)CC4)=C3)cc12. The number of hydrogen-bond donors (Lipinski definition) is 2. The predicted octanol–water partition coefficient (Wildman–Crippen LogP) is 5.93. The number of halogens is 1. The molecule has 3 heterocycles. The number of hydrogen-bond acceptors (Lipinski definition) is 5. The van der Waals surface area contributed by atoms with Gasteiger partial charge in [-0.05, 0) is 86.2 Å². The number of pyridine rings is 2. The summed E-state index contributed by atoms with van der Waals surface area (Å²) in [6.07, 6.45) is 7.83. The van der Waals surface area contributed by atoms with E-state index in [1.165, 1.54) is 12.1 Å². The molecule has 0 radical (unpaired) electrons. The number of amides is 2. The Balaban J connectivity index is 1.38. The van der Waals surface area contributed by atoms with Gasteiger partial charge in [-0.15, -0.1) is 0 Å². The molecule has 8 heteroatoms. The summed E-state index contributed by atoms with van der Waals surface area (Å²) < 4.78 is 19.6. The second-order valence-electron chi connectivity index (χ2n) is 10.6. The normalized spacial score (nSPS) is 17.9. The van der Waals surface area contributed by atoms with Crippen LogP contribution in [0.5, 0.6) is 0 Å². The maximum atomic E-state index is 13.6. The van der Waals surface area contributed by atoms with E-state index >= 15 is 0 Å². The van der Waals surface area contributed by atoms with Crippen molar-refractivity contribution in [2.24, 2.45) is 5.92 Å². The number of furan rings is 1. The second kappa shape index (κ2) is 9.86. The minimum atomic E-state index is -0.411. The number of carbonyl (C=O) groups is 2. The van der Waals surface area contributed by atoms with Gasteiger partial charge in [0, 0.05) is 36.1 Å². The van der Waals surface area contributed by atoms with Crippen LogP contribution in [0.1, 0.15) is 54.7 Å². The van der Waals surface area contributed by atoms with E-state index in [0.717, 1.165) is 41.7 Å². The fraction of sp³-hybridized carbons (Fsp3) is 0.250. The summed E-state index contributed by atoms with van der Waals surface area (Å²) in [5.41, 5.74) is 5.18. The van der Waals surface area contributed by atoms with E-state index in [1.807, 2.05) is 30.3 Å². The third-order valence-electron chi connectivity index (χ3n) is 7.84. The highest BCUT2D eigenvalue weighted by Crippen LogP contribution is 2.45. The molecule has 2 amide bonds. The minimum absolute atomic E-state index is 0.0420. The van der Waals surface area contributed by atoms with Gasteiger partial charge in [0.05, 0.1) is 22.2 Å². The summed E-state index contributed by atoms with van der Waals surface area (Å²) in [5, 5.41) is 6.47. The molecule has 1 unspecified atom stereocenters. The van der Waals surface area contributed by atoms with Crippen molar-refractivity contribution in [1.82, 2.24) is 20.6 Å². The van der Waals surface area contributed by atoms with Crippen molar-refractivity contribution in [3.05, 3.63) is 101 Å². The fourth-order valence-corrected chi connectivity index (χ4v) is 5.51. The molecule has 1 saturated carbocycles. The van der Waals surface area contributed by atoms with Crippen LogP contribution in [0.3, 0.4) is 0 Å². The topological polar surface area (TPSA) is 97.1 Å². The van der Waals surface area contributed by atoms with Gasteiger partial charge < -0.3 is 15.1 Å². The number of fused-ring (bicyclic) bond motifs is 1. The number of allylic oxidation sites excluding steroid dienone is 3. The predicted molar refractivity (Wildman–Crippen MR) is 151 cm³/mol. The van der Waals surface area contributed by atoms with Gasteiger partial charge in [0.1, 0.15) is 11.6 Å². The van der Waals surface area contributed by atoms with Gasteiger partial charge in [-0.1, -0.05) is 18.6 Å². The van der Waals surface area contributed by atoms with E-state index in [-0.39, 0.29) is 23.5 Å². The first-order valence-corrected chi connectivity index (χ1v) is 13.4. The monoisotopic (exact) mass is 536 g/mol. The van der Waals surface area contributed by atoms with Crippen LogP contribution >= 0.6 is 0 Å². The Morgan fingerprint density at radius 3 is 2.50 bits per heavy atom. The summed E-state index contributed by atoms with van der Waals surface area (Å²) in [7, 11) is 1.55. The van der Waals surface area contributed by atoms with Crippen LogP contribution < -0.4 is 10.6 Å². The summed E-state index contributed by atoms with van der Waals surface area (Å²) >= 11 is 0. The van der Waals surface area contributed by atoms with E-state index in [2.05, 4.69) is 34.4 Å². The van der Waals surface area contributed by atoms with Crippen LogP contribution in [0.2, 0.25) is 0 Å². The summed E-state index contributed by atoms with van der Waals surface area (Å²) in [6, 6.07) is 13.4. The molecule has 7 nitrogen and oxygen atoms in total. The Bertz CT molecular complexity index is 1700. The Hall–Kier alpha value is -4.59. The van der Waals surface area contributed by atoms with E-state index in [0.29, 0.717) is 33.6 Å². The smallest absolute Gasteiger partial charge is 0.255 e. The molecule has 0 aliphatic heterocycles. The molecule has 3 aromatic heterocycles. The van der Waals surface area contributed by atoms with E-state index in [1.54, 1.807) is 31.6 Å². The molecular formula is C32H29FN4O3. The molecule has 2 N–H and O–H groups in total. The third-order valence-corrected chi connectivity index (χ3v) is 7.84. The van der Waals surface area contributed by atoms with Crippen LogP contribution in [-0.4, -0.2) is 28.8 Å². The van der Waals surface area contributed by atoms with Crippen molar-refractivity contribution < 1.29 is 18.4 Å². The van der Waals surface area contributed by atoms with E-state index < -0.39 is 5.54 Å². The molecule has 0 spiro atoms. The first-order chi connectivity index (χ1) is 19.3. The van der Waals surface area contributed by atoms with Gasteiger partial charge in [-0.3, -0.25) is 14.6 Å².